The van der Waals surface area contributed by atoms with E-state index in [2.05, 4.69) is 19.1 Å². The molecule has 20 heavy (non-hydrogen) atoms. The lowest BCUT2D eigenvalue weighted by molar-refractivity contribution is -0.129. The first kappa shape index (κ1) is 16.7. The average Bonchev–Trinajstić information content (AvgIpc) is 2.43. The van der Waals surface area contributed by atoms with E-state index in [1.807, 2.05) is 12.1 Å². The smallest absolute Gasteiger partial charge is 0.226 e. The van der Waals surface area contributed by atoms with Gasteiger partial charge in [0.15, 0.2) is 0 Å². The topological polar surface area (TPSA) is 40.5 Å². The molecule has 0 aromatic heterocycles. The molecule has 0 aliphatic rings. The van der Waals surface area contributed by atoms with Crippen LogP contribution in [0, 0.1) is 0 Å². The van der Waals surface area contributed by atoms with Crippen LogP contribution in [0.4, 0.5) is 0 Å². The molecular weight excluding hydrogens is 250 g/mol. The first-order chi connectivity index (χ1) is 9.52. The second-order valence-corrected chi connectivity index (χ2v) is 5.55. The number of carbonyl (C=O) groups excluding carboxylic acids is 1. The van der Waals surface area contributed by atoms with E-state index in [1.165, 1.54) is 18.4 Å². The predicted molar refractivity (Wildman–Crippen MR) is 82.7 cm³/mol. The highest BCUT2D eigenvalue weighted by Gasteiger charge is 2.10. The van der Waals surface area contributed by atoms with Crippen molar-refractivity contribution in [3.05, 3.63) is 35.4 Å². The maximum Gasteiger partial charge on any atom is 0.226 e. The maximum absolute atomic E-state index is 12.0. The molecule has 0 aliphatic carbocycles. The highest BCUT2D eigenvalue weighted by Crippen LogP contribution is 2.09. The molecular formula is C17H27NO2. The summed E-state index contributed by atoms with van der Waals surface area (Å²) in [5.41, 5.74) is 2.39. The molecule has 1 unspecified atom stereocenters. The zero-order valence-electron chi connectivity index (χ0n) is 12.9. The van der Waals surface area contributed by atoms with Crippen LogP contribution >= 0.6 is 0 Å². The minimum absolute atomic E-state index is 0.104. The predicted octanol–water partition coefficient (Wildman–Crippen LogP) is 2.80. The molecule has 1 rings (SSSR count). The van der Waals surface area contributed by atoms with Crippen LogP contribution in [0.2, 0.25) is 0 Å². The highest BCUT2D eigenvalue weighted by atomic mass is 16.3. The quantitative estimate of drug-likeness (QED) is 0.794. The molecule has 1 N–H and O–H groups in total. The molecule has 0 fully saturated rings. The van der Waals surface area contributed by atoms with Crippen LogP contribution in [0.1, 0.15) is 44.2 Å². The lowest BCUT2D eigenvalue weighted by Gasteiger charge is -2.18. The Hall–Kier alpha value is -1.35. The third-order valence-electron chi connectivity index (χ3n) is 3.51. The van der Waals surface area contributed by atoms with Crippen molar-refractivity contribution in [3.63, 3.8) is 0 Å². The van der Waals surface area contributed by atoms with Crippen molar-refractivity contribution in [1.29, 1.82) is 0 Å². The number of hydrogen-bond donors (Lipinski definition) is 1. The normalized spacial score (nSPS) is 12.2. The monoisotopic (exact) mass is 277 g/mol. The molecule has 3 nitrogen and oxygen atoms in total. The number of aliphatic hydroxyl groups excluding tert-OH is 1. The van der Waals surface area contributed by atoms with Gasteiger partial charge in [-0.2, -0.15) is 0 Å². The third kappa shape index (κ3) is 6.20. The summed E-state index contributed by atoms with van der Waals surface area (Å²) in [6.45, 7) is 4.54. The molecule has 0 aliphatic heterocycles. The number of amides is 1. The highest BCUT2D eigenvalue weighted by molar-refractivity contribution is 5.78. The summed E-state index contributed by atoms with van der Waals surface area (Å²) in [4.78, 5) is 13.7. The summed E-state index contributed by atoms with van der Waals surface area (Å²) in [6, 6.07) is 8.33. The van der Waals surface area contributed by atoms with Gasteiger partial charge < -0.3 is 10.0 Å². The minimum atomic E-state index is -0.358. The number of rotatable bonds is 8. The zero-order valence-corrected chi connectivity index (χ0v) is 12.9. The van der Waals surface area contributed by atoms with E-state index < -0.39 is 0 Å². The average molecular weight is 277 g/mol. The second kappa shape index (κ2) is 8.75. The number of carbonyl (C=O) groups is 1. The van der Waals surface area contributed by atoms with Gasteiger partial charge in [0.1, 0.15) is 0 Å². The molecule has 0 bridgehead atoms. The molecule has 0 saturated carbocycles. The third-order valence-corrected chi connectivity index (χ3v) is 3.51. The Morgan fingerprint density at radius 1 is 1.25 bits per heavy atom. The van der Waals surface area contributed by atoms with Gasteiger partial charge in [0.25, 0.3) is 0 Å². The lowest BCUT2D eigenvalue weighted by atomic mass is 10.0. The molecule has 0 heterocycles. The zero-order chi connectivity index (χ0) is 15.0. The second-order valence-electron chi connectivity index (χ2n) is 5.55. The SMILES string of the molecule is CCCCc1ccc(CC(=O)N(C)CCC(C)O)cc1. The van der Waals surface area contributed by atoms with Crippen molar-refractivity contribution in [1.82, 2.24) is 4.90 Å². The van der Waals surface area contributed by atoms with Crippen LogP contribution in [-0.2, 0) is 17.6 Å². The molecule has 1 amide bonds. The Bertz CT molecular complexity index is 398. The van der Waals surface area contributed by atoms with Crippen molar-refractivity contribution >= 4 is 5.91 Å². The van der Waals surface area contributed by atoms with Crippen LogP contribution in [0.5, 0.6) is 0 Å². The Morgan fingerprint density at radius 2 is 1.85 bits per heavy atom. The fourth-order valence-electron chi connectivity index (χ4n) is 2.02. The summed E-state index contributed by atoms with van der Waals surface area (Å²) < 4.78 is 0. The number of benzene rings is 1. The molecule has 3 heteroatoms. The van der Waals surface area contributed by atoms with Crippen molar-refractivity contribution in [2.75, 3.05) is 13.6 Å². The summed E-state index contributed by atoms with van der Waals surface area (Å²) in [6.07, 6.45) is 4.22. The Morgan fingerprint density at radius 3 is 2.40 bits per heavy atom. The number of aliphatic hydroxyl groups is 1. The summed E-state index contributed by atoms with van der Waals surface area (Å²) >= 11 is 0. The standard InChI is InChI=1S/C17H27NO2/c1-4-5-6-15-7-9-16(10-8-15)13-17(20)18(3)12-11-14(2)19/h7-10,14,19H,4-6,11-13H2,1-3H3. The first-order valence-electron chi connectivity index (χ1n) is 7.52. The lowest BCUT2D eigenvalue weighted by Crippen LogP contribution is -2.30. The fraction of sp³-hybridized carbons (Fsp3) is 0.588. The van der Waals surface area contributed by atoms with E-state index in [0.717, 1.165) is 12.0 Å². The molecule has 1 aromatic carbocycles. The van der Waals surface area contributed by atoms with Gasteiger partial charge >= 0.3 is 0 Å². The molecule has 0 saturated heterocycles. The van der Waals surface area contributed by atoms with Crippen molar-refractivity contribution in [2.24, 2.45) is 0 Å². The molecule has 1 aromatic rings. The van der Waals surface area contributed by atoms with Crippen molar-refractivity contribution < 1.29 is 9.90 Å². The summed E-state index contributed by atoms with van der Waals surface area (Å²) in [7, 11) is 1.79. The van der Waals surface area contributed by atoms with Crippen molar-refractivity contribution in [3.8, 4) is 0 Å². The number of unbranched alkanes of at least 4 members (excludes halogenated alkanes) is 1. The molecule has 112 valence electrons. The maximum atomic E-state index is 12.0. The number of nitrogens with zero attached hydrogens (tertiary/aromatic N) is 1. The summed E-state index contributed by atoms with van der Waals surface area (Å²) in [5.74, 6) is 0.104. The van der Waals surface area contributed by atoms with Gasteiger partial charge in [-0.15, -0.1) is 0 Å². The van der Waals surface area contributed by atoms with Crippen LogP contribution < -0.4 is 0 Å². The van der Waals surface area contributed by atoms with E-state index in [0.29, 0.717) is 19.4 Å². The summed E-state index contributed by atoms with van der Waals surface area (Å²) in [5, 5.41) is 9.24. The van der Waals surface area contributed by atoms with E-state index in [-0.39, 0.29) is 12.0 Å². The fourth-order valence-corrected chi connectivity index (χ4v) is 2.02. The van der Waals surface area contributed by atoms with Gasteiger partial charge in [-0.1, -0.05) is 37.6 Å². The number of likely N-dealkylation sites (N-methyl/N-ethyl adjacent to an activating group) is 1. The molecule has 1 atom stereocenters. The van der Waals surface area contributed by atoms with Gasteiger partial charge in [0.05, 0.1) is 12.5 Å². The van der Waals surface area contributed by atoms with Gasteiger partial charge in [0.2, 0.25) is 5.91 Å². The Kier molecular flexibility index (Phi) is 7.31. The van der Waals surface area contributed by atoms with Gasteiger partial charge in [0, 0.05) is 13.6 Å². The number of hydrogen-bond acceptors (Lipinski definition) is 2. The van der Waals surface area contributed by atoms with Crippen LogP contribution in [-0.4, -0.2) is 35.6 Å². The van der Waals surface area contributed by atoms with Gasteiger partial charge in [-0.3, -0.25) is 4.79 Å². The first-order valence-corrected chi connectivity index (χ1v) is 7.52. The largest absolute Gasteiger partial charge is 0.393 e. The van der Waals surface area contributed by atoms with E-state index in [9.17, 15) is 9.90 Å². The van der Waals surface area contributed by atoms with Crippen LogP contribution in [0.25, 0.3) is 0 Å². The number of aryl methyl sites for hydroxylation is 1. The van der Waals surface area contributed by atoms with Crippen LogP contribution in [0.15, 0.2) is 24.3 Å². The van der Waals surface area contributed by atoms with E-state index >= 15 is 0 Å². The van der Waals surface area contributed by atoms with E-state index in [1.54, 1.807) is 18.9 Å². The van der Waals surface area contributed by atoms with Crippen LogP contribution in [0.3, 0.4) is 0 Å². The molecule has 0 spiro atoms. The van der Waals surface area contributed by atoms with E-state index in [4.69, 9.17) is 0 Å². The van der Waals surface area contributed by atoms with Gasteiger partial charge in [-0.05, 0) is 37.3 Å². The van der Waals surface area contributed by atoms with Gasteiger partial charge in [-0.25, -0.2) is 0 Å². The minimum Gasteiger partial charge on any atom is -0.393 e. The Labute approximate surface area is 122 Å². The molecule has 0 radical (unpaired) electrons. The van der Waals surface area contributed by atoms with Crippen molar-refractivity contribution in [2.45, 2.75) is 52.1 Å². The Balaban J connectivity index is 2.45.